The summed E-state index contributed by atoms with van der Waals surface area (Å²) in [4.78, 5) is 30.3. The maximum absolute atomic E-state index is 12.6. The van der Waals surface area contributed by atoms with Crippen molar-refractivity contribution in [2.75, 3.05) is 26.2 Å². The van der Waals surface area contributed by atoms with Crippen LogP contribution in [-0.4, -0.2) is 56.8 Å². The van der Waals surface area contributed by atoms with Crippen LogP contribution in [0.25, 0.3) is 11.2 Å². The van der Waals surface area contributed by atoms with Gasteiger partial charge in [-0.05, 0) is 43.9 Å². The first-order chi connectivity index (χ1) is 14.6. The minimum absolute atomic E-state index is 0.307. The lowest BCUT2D eigenvalue weighted by atomic mass is 9.83. The van der Waals surface area contributed by atoms with Gasteiger partial charge in [0.05, 0.1) is 0 Å². The van der Waals surface area contributed by atoms with Crippen LogP contribution in [0.5, 0.6) is 0 Å². The van der Waals surface area contributed by atoms with E-state index in [1.165, 1.54) is 24.1 Å². The lowest BCUT2D eigenvalue weighted by Crippen LogP contribution is -2.43. The standard InChI is InChI=1S/C24H35N5O/c1-16-12-17(2)14-28(13-16)15-20-21(27-23-22(20)25-8-9-26-23)18-6-10-29(11-7-18)24(30)19-4-3-5-19/h8-9,16-19H,3-7,10-15H2,1-2H3,(H,26,27)/t16-,17+. The predicted octanol–water partition coefficient (Wildman–Crippen LogP) is 3.94. The molecule has 0 aromatic carbocycles. The fourth-order valence-corrected chi connectivity index (χ4v) is 5.94. The van der Waals surface area contributed by atoms with E-state index in [2.05, 4.69) is 33.6 Å². The van der Waals surface area contributed by atoms with Crippen molar-refractivity contribution in [3.63, 3.8) is 0 Å². The van der Waals surface area contributed by atoms with Crippen LogP contribution in [-0.2, 0) is 11.3 Å². The van der Waals surface area contributed by atoms with Gasteiger partial charge >= 0.3 is 0 Å². The number of nitrogens with one attached hydrogen (secondary N) is 1. The number of H-pyrrole nitrogens is 1. The van der Waals surface area contributed by atoms with Gasteiger partial charge in [-0.3, -0.25) is 14.7 Å². The smallest absolute Gasteiger partial charge is 0.225 e. The normalized spacial score (nSPS) is 26.8. The van der Waals surface area contributed by atoms with Crippen LogP contribution >= 0.6 is 0 Å². The van der Waals surface area contributed by atoms with Crippen molar-refractivity contribution in [3.05, 3.63) is 23.7 Å². The fourth-order valence-electron chi connectivity index (χ4n) is 5.94. The summed E-state index contributed by atoms with van der Waals surface area (Å²) < 4.78 is 0. The first-order valence-electron chi connectivity index (χ1n) is 11.9. The van der Waals surface area contributed by atoms with Crippen molar-refractivity contribution >= 4 is 17.1 Å². The summed E-state index contributed by atoms with van der Waals surface area (Å²) >= 11 is 0. The third-order valence-corrected chi connectivity index (χ3v) is 7.56. The van der Waals surface area contributed by atoms with Crippen molar-refractivity contribution in [1.82, 2.24) is 24.8 Å². The number of piperidine rings is 2. The quantitative estimate of drug-likeness (QED) is 0.831. The maximum atomic E-state index is 12.6. The number of carbonyl (C=O) groups is 1. The Bertz CT molecular complexity index is 886. The molecule has 1 saturated carbocycles. The van der Waals surface area contributed by atoms with Gasteiger partial charge in [0.15, 0.2) is 5.65 Å². The monoisotopic (exact) mass is 409 g/mol. The van der Waals surface area contributed by atoms with Gasteiger partial charge in [0.1, 0.15) is 5.52 Å². The van der Waals surface area contributed by atoms with Gasteiger partial charge in [-0.1, -0.05) is 20.3 Å². The zero-order chi connectivity index (χ0) is 20.7. The Kier molecular flexibility index (Phi) is 5.52. The summed E-state index contributed by atoms with van der Waals surface area (Å²) in [6.45, 7) is 9.77. The summed E-state index contributed by atoms with van der Waals surface area (Å²) in [7, 11) is 0. The zero-order valence-electron chi connectivity index (χ0n) is 18.4. The molecule has 5 rings (SSSR count). The summed E-state index contributed by atoms with van der Waals surface area (Å²) in [6.07, 6.45) is 10.4. The molecule has 1 amide bonds. The average Bonchev–Trinajstić information content (AvgIpc) is 3.04. The summed E-state index contributed by atoms with van der Waals surface area (Å²) in [5, 5.41) is 0. The predicted molar refractivity (Wildman–Crippen MR) is 118 cm³/mol. The Balaban J connectivity index is 1.35. The molecule has 2 saturated heterocycles. The molecule has 2 atom stereocenters. The molecule has 1 N–H and O–H groups in total. The molecular formula is C24H35N5O. The number of hydrogen-bond donors (Lipinski definition) is 1. The SMILES string of the molecule is C[C@@H]1C[C@H](C)CN(Cc2c(C3CCN(C(=O)C4CCC4)CC3)[nH]c3nccnc23)C1. The Morgan fingerprint density at radius 2 is 1.77 bits per heavy atom. The second kappa shape index (κ2) is 8.29. The molecule has 0 radical (unpaired) electrons. The minimum atomic E-state index is 0.307. The molecule has 2 aromatic heterocycles. The van der Waals surface area contributed by atoms with Gasteiger partial charge in [0.25, 0.3) is 0 Å². The molecule has 3 aliphatic rings. The number of amides is 1. The Morgan fingerprint density at radius 1 is 1.07 bits per heavy atom. The molecule has 0 bridgehead atoms. The third-order valence-electron chi connectivity index (χ3n) is 7.56. The Labute approximate surface area is 179 Å². The van der Waals surface area contributed by atoms with Crippen LogP contribution in [0.1, 0.15) is 69.5 Å². The number of fused-ring (bicyclic) bond motifs is 1. The number of aromatic nitrogens is 3. The molecule has 2 aliphatic heterocycles. The molecule has 1 aliphatic carbocycles. The van der Waals surface area contributed by atoms with Crippen molar-refractivity contribution < 1.29 is 4.79 Å². The van der Waals surface area contributed by atoms with Crippen LogP contribution in [0.4, 0.5) is 0 Å². The molecule has 3 fully saturated rings. The molecule has 6 nitrogen and oxygen atoms in total. The largest absolute Gasteiger partial charge is 0.342 e. The van der Waals surface area contributed by atoms with Crippen molar-refractivity contribution in [2.45, 2.75) is 64.8 Å². The highest BCUT2D eigenvalue weighted by molar-refractivity contribution is 5.80. The number of carbonyl (C=O) groups excluding carboxylic acids is 1. The van der Waals surface area contributed by atoms with Crippen LogP contribution < -0.4 is 0 Å². The van der Waals surface area contributed by atoms with Crippen LogP contribution in [0.15, 0.2) is 12.4 Å². The van der Waals surface area contributed by atoms with Crippen molar-refractivity contribution in [3.8, 4) is 0 Å². The first-order valence-corrected chi connectivity index (χ1v) is 11.9. The summed E-state index contributed by atoms with van der Waals surface area (Å²) in [5.41, 5.74) is 4.60. The summed E-state index contributed by atoms with van der Waals surface area (Å²) in [5.74, 6) is 2.66. The molecule has 6 heteroatoms. The highest BCUT2D eigenvalue weighted by Crippen LogP contribution is 2.36. The molecule has 30 heavy (non-hydrogen) atoms. The minimum Gasteiger partial charge on any atom is -0.342 e. The second-order valence-electron chi connectivity index (χ2n) is 10.1. The van der Waals surface area contributed by atoms with E-state index >= 15 is 0 Å². The lowest BCUT2D eigenvalue weighted by molar-refractivity contribution is -0.139. The van der Waals surface area contributed by atoms with E-state index in [4.69, 9.17) is 4.98 Å². The number of hydrogen-bond acceptors (Lipinski definition) is 4. The highest BCUT2D eigenvalue weighted by atomic mass is 16.2. The fraction of sp³-hybridized carbons (Fsp3) is 0.708. The maximum Gasteiger partial charge on any atom is 0.225 e. The number of aromatic amines is 1. The van der Waals surface area contributed by atoms with Gasteiger partial charge in [0.2, 0.25) is 5.91 Å². The zero-order valence-corrected chi connectivity index (χ0v) is 18.4. The topological polar surface area (TPSA) is 65.1 Å². The van der Waals surface area contributed by atoms with E-state index in [1.807, 2.05) is 6.20 Å². The van der Waals surface area contributed by atoms with E-state index in [1.54, 1.807) is 6.20 Å². The first kappa shape index (κ1) is 20.0. The third kappa shape index (κ3) is 3.86. The van der Waals surface area contributed by atoms with Gasteiger partial charge < -0.3 is 9.88 Å². The van der Waals surface area contributed by atoms with E-state index in [0.717, 1.165) is 81.4 Å². The van der Waals surface area contributed by atoms with E-state index in [9.17, 15) is 4.79 Å². The molecule has 2 aromatic rings. The number of rotatable bonds is 4. The van der Waals surface area contributed by atoms with Crippen molar-refractivity contribution in [2.24, 2.45) is 17.8 Å². The van der Waals surface area contributed by atoms with Gasteiger partial charge in [0, 0.05) is 68.2 Å². The summed E-state index contributed by atoms with van der Waals surface area (Å²) in [6, 6.07) is 0. The molecule has 4 heterocycles. The van der Waals surface area contributed by atoms with E-state index in [-0.39, 0.29) is 0 Å². The lowest BCUT2D eigenvalue weighted by Gasteiger charge is -2.37. The molecular weight excluding hydrogens is 374 g/mol. The molecule has 0 spiro atoms. The van der Waals surface area contributed by atoms with Gasteiger partial charge in [-0.25, -0.2) is 4.98 Å². The van der Waals surface area contributed by atoms with E-state index in [0.29, 0.717) is 17.7 Å². The Hall–Kier alpha value is -1.95. The molecule has 162 valence electrons. The Morgan fingerprint density at radius 3 is 2.43 bits per heavy atom. The number of likely N-dealkylation sites (tertiary alicyclic amines) is 2. The second-order valence-corrected chi connectivity index (χ2v) is 10.1. The number of nitrogens with zero attached hydrogens (tertiary/aromatic N) is 4. The van der Waals surface area contributed by atoms with Crippen LogP contribution in [0.3, 0.4) is 0 Å². The molecule has 0 unspecified atom stereocenters. The van der Waals surface area contributed by atoms with E-state index < -0.39 is 0 Å². The van der Waals surface area contributed by atoms with Crippen LogP contribution in [0, 0.1) is 17.8 Å². The van der Waals surface area contributed by atoms with Gasteiger partial charge in [-0.2, -0.15) is 0 Å². The average molecular weight is 410 g/mol. The van der Waals surface area contributed by atoms with Crippen LogP contribution in [0.2, 0.25) is 0 Å². The highest BCUT2D eigenvalue weighted by Gasteiger charge is 2.33. The van der Waals surface area contributed by atoms with Gasteiger partial charge in [-0.15, -0.1) is 0 Å². The van der Waals surface area contributed by atoms with Crippen molar-refractivity contribution in [1.29, 1.82) is 0 Å².